The number of rotatable bonds is 6. The molecule has 0 nitrogen and oxygen atoms in total. The number of benzene rings is 3. The Kier molecular flexibility index (Phi) is 6.66. The van der Waals surface area contributed by atoms with Crippen LogP contribution in [0.2, 0.25) is 0 Å². The Balaban J connectivity index is 1.76. The molecule has 0 N–H and O–H groups in total. The number of aryl methyl sites for hydroxylation is 2. The second kappa shape index (κ2) is 9.38. The van der Waals surface area contributed by atoms with Gasteiger partial charge in [-0.2, -0.15) is 0 Å². The highest BCUT2D eigenvalue weighted by Gasteiger charge is 2.06. The van der Waals surface area contributed by atoms with Crippen molar-refractivity contribution in [2.45, 2.75) is 52.4 Å². The van der Waals surface area contributed by atoms with E-state index in [-0.39, 0.29) is 5.82 Å². The van der Waals surface area contributed by atoms with Crippen LogP contribution in [0.1, 0.15) is 61.8 Å². The molecule has 138 valence electrons. The first-order chi connectivity index (χ1) is 13.2. The van der Waals surface area contributed by atoms with Gasteiger partial charge in [-0.1, -0.05) is 75.3 Å². The zero-order valence-corrected chi connectivity index (χ0v) is 16.3. The lowest BCUT2D eigenvalue weighted by atomic mass is 10.0. The maximum absolute atomic E-state index is 14.6. The second-order valence-electron chi connectivity index (χ2n) is 7.13. The monoisotopic (exact) mass is 358 g/mol. The predicted molar refractivity (Wildman–Crippen MR) is 114 cm³/mol. The number of fused-ring (bicyclic) bond motifs is 1. The van der Waals surface area contributed by atoms with Gasteiger partial charge in [0.25, 0.3) is 0 Å². The lowest BCUT2D eigenvalue weighted by Gasteiger charge is -2.06. The van der Waals surface area contributed by atoms with E-state index >= 15 is 0 Å². The van der Waals surface area contributed by atoms with Gasteiger partial charge in [0.1, 0.15) is 5.82 Å². The van der Waals surface area contributed by atoms with Crippen LogP contribution in [0, 0.1) is 17.7 Å². The molecule has 1 heteroatoms. The highest BCUT2D eigenvalue weighted by Crippen LogP contribution is 2.23. The quantitative estimate of drug-likeness (QED) is 0.327. The van der Waals surface area contributed by atoms with Gasteiger partial charge in [0.2, 0.25) is 0 Å². The summed E-state index contributed by atoms with van der Waals surface area (Å²) < 4.78 is 14.6. The zero-order chi connectivity index (χ0) is 19.1. The lowest BCUT2D eigenvalue weighted by Crippen LogP contribution is -1.91. The van der Waals surface area contributed by atoms with E-state index in [1.165, 1.54) is 24.8 Å². The topological polar surface area (TPSA) is 0 Å². The number of hydrogen-bond donors (Lipinski definition) is 0. The molecule has 0 atom stereocenters. The van der Waals surface area contributed by atoms with Gasteiger partial charge in [0.05, 0.1) is 0 Å². The summed E-state index contributed by atoms with van der Waals surface area (Å²) in [6, 6.07) is 18.2. The van der Waals surface area contributed by atoms with Crippen molar-refractivity contribution in [1.82, 2.24) is 0 Å². The molecule has 27 heavy (non-hydrogen) atoms. The molecule has 0 spiro atoms. The molecule has 0 aliphatic carbocycles. The fourth-order valence-electron chi connectivity index (χ4n) is 3.36. The van der Waals surface area contributed by atoms with Crippen LogP contribution in [-0.4, -0.2) is 0 Å². The summed E-state index contributed by atoms with van der Waals surface area (Å²) in [6.45, 7) is 4.30. The smallest absolute Gasteiger partial charge is 0.134 e. The molecule has 0 unspecified atom stereocenters. The summed E-state index contributed by atoms with van der Waals surface area (Å²) in [5, 5.41) is 1.59. The van der Waals surface area contributed by atoms with E-state index in [2.05, 4.69) is 50.0 Å². The van der Waals surface area contributed by atoms with Gasteiger partial charge in [-0.3, -0.25) is 0 Å². The molecular formula is C26H27F. The van der Waals surface area contributed by atoms with Crippen molar-refractivity contribution in [3.63, 3.8) is 0 Å². The summed E-state index contributed by atoms with van der Waals surface area (Å²) in [7, 11) is 0. The Morgan fingerprint density at radius 1 is 0.741 bits per heavy atom. The third-order valence-electron chi connectivity index (χ3n) is 4.93. The van der Waals surface area contributed by atoms with E-state index in [1.807, 2.05) is 30.3 Å². The molecule has 3 aromatic carbocycles. The van der Waals surface area contributed by atoms with Crippen LogP contribution in [0.15, 0.2) is 54.6 Å². The molecule has 0 radical (unpaired) electrons. The standard InChI is InChI=1S/C26H27F/c1-3-5-6-8-20-9-11-21(12-10-20)13-14-22-15-18-25-24(19-22)17-16-23(7-4-2)26(25)27/h9-12,15-19H,3-8H2,1-2H3. The average molecular weight is 359 g/mol. The van der Waals surface area contributed by atoms with Gasteiger partial charge >= 0.3 is 0 Å². The molecule has 0 aliphatic heterocycles. The molecule has 3 aromatic rings. The van der Waals surface area contributed by atoms with Gasteiger partial charge < -0.3 is 0 Å². The van der Waals surface area contributed by atoms with E-state index < -0.39 is 0 Å². The summed E-state index contributed by atoms with van der Waals surface area (Å²) in [5.41, 5.74) is 4.09. The van der Waals surface area contributed by atoms with Crippen molar-refractivity contribution in [2.75, 3.05) is 0 Å². The van der Waals surface area contributed by atoms with E-state index in [9.17, 15) is 4.39 Å². The summed E-state index contributed by atoms with van der Waals surface area (Å²) >= 11 is 0. The maximum Gasteiger partial charge on any atom is 0.134 e. The van der Waals surface area contributed by atoms with Crippen molar-refractivity contribution in [1.29, 1.82) is 0 Å². The number of unbranched alkanes of at least 4 members (excludes halogenated alkanes) is 2. The average Bonchev–Trinajstić information content (AvgIpc) is 2.70. The van der Waals surface area contributed by atoms with Crippen LogP contribution < -0.4 is 0 Å². The molecular weight excluding hydrogens is 331 g/mol. The Morgan fingerprint density at radius 3 is 2.22 bits per heavy atom. The van der Waals surface area contributed by atoms with Crippen LogP contribution in [0.4, 0.5) is 4.39 Å². The Morgan fingerprint density at radius 2 is 1.48 bits per heavy atom. The van der Waals surface area contributed by atoms with E-state index in [1.54, 1.807) is 0 Å². The number of halogens is 1. The maximum atomic E-state index is 14.6. The van der Waals surface area contributed by atoms with E-state index in [0.29, 0.717) is 5.39 Å². The van der Waals surface area contributed by atoms with Gasteiger partial charge in [0.15, 0.2) is 0 Å². The van der Waals surface area contributed by atoms with E-state index in [4.69, 9.17) is 0 Å². The minimum Gasteiger partial charge on any atom is -0.206 e. The van der Waals surface area contributed by atoms with Crippen molar-refractivity contribution < 1.29 is 4.39 Å². The fraction of sp³-hybridized carbons (Fsp3) is 0.308. The van der Waals surface area contributed by atoms with Crippen molar-refractivity contribution in [3.05, 3.63) is 82.7 Å². The first kappa shape index (κ1) is 19.2. The highest BCUT2D eigenvalue weighted by molar-refractivity contribution is 5.85. The minimum atomic E-state index is -0.0903. The van der Waals surface area contributed by atoms with E-state index in [0.717, 1.165) is 41.3 Å². The van der Waals surface area contributed by atoms with Crippen LogP contribution in [-0.2, 0) is 12.8 Å². The molecule has 0 bridgehead atoms. The summed E-state index contributed by atoms with van der Waals surface area (Å²) in [5.74, 6) is 6.34. The second-order valence-corrected chi connectivity index (χ2v) is 7.13. The lowest BCUT2D eigenvalue weighted by molar-refractivity contribution is 0.619. The molecule has 0 fully saturated rings. The molecule has 0 aromatic heterocycles. The molecule has 0 heterocycles. The molecule has 0 amide bonds. The third kappa shape index (κ3) is 4.98. The first-order valence-electron chi connectivity index (χ1n) is 10.0. The minimum absolute atomic E-state index is 0.0903. The summed E-state index contributed by atoms with van der Waals surface area (Å²) in [6.07, 6.45) is 6.64. The predicted octanol–water partition coefficient (Wildman–Crippen LogP) is 7.06. The van der Waals surface area contributed by atoms with Crippen LogP contribution in [0.25, 0.3) is 10.8 Å². The van der Waals surface area contributed by atoms with Gasteiger partial charge in [-0.15, -0.1) is 0 Å². The molecule has 0 saturated carbocycles. The van der Waals surface area contributed by atoms with Crippen molar-refractivity contribution in [2.24, 2.45) is 0 Å². The normalized spacial score (nSPS) is 10.6. The fourth-order valence-corrected chi connectivity index (χ4v) is 3.36. The molecule has 3 rings (SSSR count). The van der Waals surface area contributed by atoms with Gasteiger partial charge in [-0.25, -0.2) is 4.39 Å². The van der Waals surface area contributed by atoms with Gasteiger partial charge in [0, 0.05) is 16.5 Å². The SMILES string of the molecule is CCCCCc1ccc(C#Cc2ccc3c(F)c(CCC)ccc3c2)cc1. The van der Waals surface area contributed by atoms with Crippen LogP contribution in [0.3, 0.4) is 0 Å². The first-order valence-corrected chi connectivity index (χ1v) is 10.0. The molecule has 0 saturated heterocycles. The Labute approximate surface area is 162 Å². The highest BCUT2D eigenvalue weighted by atomic mass is 19.1. The van der Waals surface area contributed by atoms with Crippen LogP contribution in [0.5, 0.6) is 0 Å². The van der Waals surface area contributed by atoms with Crippen LogP contribution >= 0.6 is 0 Å². The zero-order valence-electron chi connectivity index (χ0n) is 16.3. The summed E-state index contributed by atoms with van der Waals surface area (Å²) in [4.78, 5) is 0. The molecule has 0 aliphatic rings. The van der Waals surface area contributed by atoms with Gasteiger partial charge in [-0.05, 0) is 60.0 Å². The Bertz CT molecular complexity index is 955. The third-order valence-corrected chi connectivity index (χ3v) is 4.93. The van der Waals surface area contributed by atoms with Crippen molar-refractivity contribution in [3.8, 4) is 11.8 Å². The van der Waals surface area contributed by atoms with Crippen molar-refractivity contribution >= 4 is 10.8 Å². The largest absolute Gasteiger partial charge is 0.206 e. The Hall–Kier alpha value is -2.59. The number of hydrogen-bond acceptors (Lipinski definition) is 0.